The van der Waals surface area contributed by atoms with Crippen molar-refractivity contribution in [3.8, 4) is 28.4 Å². The van der Waals surface area contributed by atoms with Crippen molar-refractivity contribution < 1.29 is 35.8 Å². The van der Waals surface area contributed by atoms with Crippen molar-refractivity contribution in [2.45, 2.75) is 38.7 Å². The first-order chi connectivity index (χ1) is 15.9. The second kappa shape index (κ2) is 8.73. The van der Waals surface area contributed by atoms with Gasteiger partial charge in [-0.05, 0) is 68.1 Å². The molecule has 180 valence electrons. The second-order valence-electron chi connectivity index (χ2n) is 8.04. The van der Waals surface area contributed by atoms with E-state index in [1.807, 2.05) is 0 Å². The lowest BCUT2D eigenvalue weighted by atomic mass is 9.84. The fraction of sp³-hybridized carbons (Fsp3) is 0.292. The SMILES string of the molecule is Cc1[nH]c2c(c(=O)c1-c1ccc(Oc3ccc(OC(F)(F)F)cc3)cc1)CCC(C(F)(F)F)C2. The first-order valence-corrected chi connectivity index (χ1v) is 10.4. The summed E-state index contributed by atoms with van der Waals surface area (Å²) >= 11 is 0. The van der Waals surface area contributed by atoms with Crippen LogP contribution < -0.4 is 14.9 Å². The Morgan fingerprint density at radius 3 is 2.00 bits per heavy atom. The van der Waals surface area contributed by atoms with Crippen LogP contribution in [0.25, 0.3) is 11.1 Å². The monoisotopic (exact) mass is 483 g/mol. The van der Waals surface area contributed by atoms with Crippen molar-refractivity contribution in [2.75, 3.05) is 0 Å². The van der Waals surface area contributed by atoms with Crippen molar-refractivity contribution in [3.63, 3.8) is 0 Å². The fourth-order valence-corrected chi connectivity index (χ4v) is 4.09. The highest BCUT2D eigenvalue weighted by atomic mass is 19.4. The van der Waals surface area contributed by atoms with E-state index in [2.05, 4.69) is 9.72 Å². The lowest BCUT2D eigenvalue weighted by molar-refractivity contribution is -0.274. The van der Waals surface area contributed by atoms with E-state index >= 15 is 0 Å². The van der Waals surface area contributed by atoms with Gasteiger partial charge in [0, 0.05) is 22.5 Å². The maximum Gasteiger partial charge on any atom is 0.573 e. The Morgan fingerprint density at radius 2 is 1.44 bits per heavy atom. The summed E-state index contributed by atoms with van der Waals surface area (Å²) in [6.07, 6.45) is -9.40. The number of benzene rings is 2. The van der Waals surface area contributed by atoms with E-state index in [1.165, 1.54) is 12.1 Å². The summed E-state index contributed by atoms with van der Waals surface area (Å²) in [6, 6.07) is 11.3. The van der Waals surface area contributed by atoms with Gasteiger partial charge in [-0.1, -0.05) is 12.1 Å². The van der Waals surface area contributed by atoms with Gasteiger partial charge in [0.05, 0.1) is 5.92 Å². The first kappa shape index (κ1) is 23.7. The van der Waals surface area contributed by atoms with Gasteiger partial charge >= 0.3 is 12.5 Å². The molecule has 2 aromatic carbocycles. The van der Waals surface area contributed by atoms with E-state index < -0.39 is 18.5 Å². The molecule has 0 bridgehead atoms. The predicted octanol–water partition coefficient (Wildman–Crippen LogP) is 6.71. The smallest absolute Gasteiger partial charge is 0.457 e. The van der Waals surface area contributed by atoms with Gasteiger partial charge < -0.3 is 14.5 Å². The van der Waals surface area contributed by atoms with Crippen molar-refractivity contribution in [3.05, 3.63) is 75.7 Å². The highest BCUT2D eigenvalue weighted by Crippen LogP contribution is 2.37. The van der Waals surface area contributed by atoms with Gasteiger partial charge in [-0.2, -0.15) is 13.2 Å². The molecule has 0 fully saturated rings. The molecule has 1 heterocycles. The van der Waals surface area contributed by atoms with Crippen LogP contribution in [-0.2, 0) is 12.8 Å². The maximum absolute atomic E-state index is 13.1. The van der Waals surface area contributed by atoms with Gasteiger partial charge in [-0.3, -0.25) is 4.79 Å². The Labute approximate surface area is 190 Å². The number of hydrogen-bond acceptors (Lipinski definition) is 3. The van der Waals surface area contributed by atoms with E-state index in [0.717, 1.165) is 12.1 Å². The number of nitrogens with one attached hydrogen (secondary N) is 1. The summed E-state index contributed by atoms with van der Waals surface area (Å²) in [5, 5.41) is 0. The minimum Gasteiger partial charge on any atom is -0.457 e. The standard InChI is InChI=1S/C24H19F6NO3/c1-13-21(22(32)19-11-4-15(23(25,26)27)12-20(19)31-13)14-2-5-16(6-3-14)33-17-7-9-18(10-8-17)34-24(28,29)30/h2-3,5-10,15H,4,11-12H2,1H3,(H,31,32). The van der Waals surface area contributed by atoms with Crippen molar-refractivity contribution >= 4 is 0 Å². The minimum atomic E-state index is -4.79. The van der Waals surface area contributed by atoms with Gasteiger partial charge in [-0.25, -0.2) is 0 Å². The van der Waals surface area contributed by atoms with Crippen LogP contribution in [0.4, 0.5) is 26.3 Å². The lowest BCUT2D eigenvalue weighted by Crippen LogP contribution is -2.32. The molecule has 0 amide bonds. The summed E-state index contributed by atoms with van der Waals surface area (Å²) < 4.78 is 85.5. The zero-order chi connectivity index (χ0) is 24.7. The predicted molar refractivity (Wildman–Crippen MR) is 112 cm³/mol. The Morgan fingerprint density at radius 1 is 0.882 bits per heavy atom. The number of fused-ring (bicyclic) bond motifs is 1. The minimum absolute atomic E-state index is 0.0529. The van der Waals surface area contributed by atoms with Crippen LogP contribution in [-0.4, -0.2) is 17.5 Å². The molecule has 4 nitrogen and oxygen atoms in total. The molecule has 3 aromatic rings. The average Bonchev–Trinajstić information content (AvgIpc) is 2.74. The number of aromatic nitrogens is 1. The van der Waals surface area contributed by atoms with Crippen molar-refractivity contribution in [2.24, 2.45) is 5.92 Å². The van der Waals surface area contributed by atoms with Gasteiger partial charge in [-0.15, -0.1) is 13.2 Å². The zero-order valence-corrected chi connectivity index (χ0v) is 17.8. The molecule has 0 saturated heterocycles. The molecule has 0 spiro atoms. The Hall–Kier alpha value is -3.43. The van der Waals surface area contributed by atoms with E-state index in [-0.39, 0.29) is 36.2 Å². The molecule has 1 aliphatic carbocycles. The van der Waals surface area contributed by atoms with Gasteiger partial charge in [0.1, 0.15) is 17.2 Å². The number of alkyl halides is 6. The number of ether oxygens (including phenoxy) is 2. The number of aryl methyl sites for hydroxylation is 1. The van der Waals surface area contributed by atoms with Crippen LogP contribution in [0.5, 0.6) is 17.2 Å². The quantitative estimate of drug-likeness (QED) is 0.420. The third-order valence-electron chi connectivity index (χ3n) is 5.67. The molecule has 1 aliphatic rings. The molecule has 1 N–H and O–H groups in total. The van der Waals surface area contributed by atoms with Gasteiger partial charge in [0.15, 0.2) is 5.43 Å². The van der Waals surface area contributed by atoms with Crippen LogP contribution in [0.15, 0.2) is 53.3 Å². The molecule has 1 atom stereocenters. The van der Waals surface area contributed by atoms with Gasteiger partial charge in [0.2, 0.25) is 0 Å². The maximum atomic E-state index is 13.1. The zero-order valence-electron chi connectivity index (χ0n) is 17.8. The van der Waals surface area contributed by atoms with E-state index in [0.29, 0.717) is 33.8 Å². The molecule has 1 aromatic heterocycles. The molecule has 34 heavy (non-hydrogen) atoms. The lowest BCUT2D eigenvalue weighted by Gasteiger charge is -2.27. The van der Waals surface area contributed by atoms with Crippen molar-refractivity contribution in [1.29, 1.82) is 0 Å². The van der Waals surface area contributed by atoms with Crippen LogP contribution in [0.1, 0.15) is 23.4 Å². The van der Waals surface area contributed by atoms with Crippen LogP contribution in [0.3, 0.4) is 0 Å². The summed E-state index contributed by atoms with van der Waals surface area (Å²) in [4.78, 5) is 16.1. The van der Waals surface area contributed by atoms with E-state index in [4.69, 9.17) is 4.74 Å². The first-order valence-electron chi connectivity index (χ1n) is 10.4. The molecular weight excluding hydrogens is 464 g/mol. The van der Waals surface area contributed by atoms with Crippen LogP contribution in [0, 0.1) is 12.8 Å². The molecule has 0 aliphatic heterocycles. The Bertz CT molecular complexity index is 1230. The third-order valence-corrected chi connectivity index (χ3v) is 5.67. The molecule has 10 heteroatoms. The average molecular weight is 483 g/mol. The number of rotatable bonds is 4. The highest BCUT2D eigenvalue weighted by Gasteiger charge is 2.42. The Kier molecular flexibility index (Phi) is 6.09. The highest BCUT2D eigenvalue weighted by molar-refractivity contribution is 5.67. The number of hydrogen-bond donors (Lipinski definition) is 1. The third kappa shape index (κ3) is 5.21. The molecule has 4 rings (SSSR count). The largest absolute Gasteiger partial charge is 0.573 e. The molecule has 1 unspecified atom stereocenters. The normalized spacial score (nSPS) is 16.1. The summed E-state index contributed by atoms with van der Waals surface area (Å²) in [7, 11) is 0. The van der Waals surface area contributed by atoms with E-state index in [1.54, 1.807) is 31.2 Å². The Balaban J connectivity index is 1.53. The van der Waals surface area contributed by atoms with Crippen LogP contribution in [0.2, 0.25) is 0 Å². The van der Waals surface area contributed by atoms with Crippen molar-refractivity contribution in [1.82, 2.24) is 4.98 Å². The van der Waals surface area contributed by atoms with E-state index in [9.17, 15) is 31.1 Å². The summed E-state index contributed by atoms with van der Waals surface area (Å²) in [6.45, 7) is 1.64. The van der Waals surface area contributed by atoms with Gasteiger partial charge in [0.25, 0.3) is 0 Å². The number of pyridine rings is 1. The molecule has 0 radical (unpaired) electrons. The number of H-pyrrole nitrogens is 1. The summed E-state index contributed by atoms with van der Waals surface area (Å²) in [5.74, 6) is -1.18. The number of halogens is 6. The van der Waals surface area contributed by atoms with Crippen LogP contribution >= 0.6 is 0 Å². The molecular formula is C24H19F6NO3. The molecule has 0 saturated carbocycles. The summed E-state index contributed by atoms with van der Waals surface area (Å²) in [5.41, 5.74) is 1.84. The topological polar surface area (TPSA) is 51.3 Å². The second-order valence-corrected chi connectivity index (χ2v) is 8.04. The number of aromatic amines is 1. The fourth-order valence-electron chi connectivity index (χ4n) is 4.09.